The van der Waals surface area contributed by atoms with E-state index in [1.54, 1.807) is 4.90 Å². The number of ether oxygens (including phenoxy) is 2. The lowest BCUT2D eigenvalue weighted by Gasteiger charge is -2.28. The minimum absolute atomic E-state index is 0.00863. The summed E-state index contributed by atoms with van der Waals surface area (Å²) in [5.41, 5.74) is 9.32. The molecular formula is C50H69N2O5Si+. The Balaban J connectivity index is 1.33. The number of allylic oxidation sites excluding steroid dienone is 6. The van der Waals surface area contributed by atoms with Gasteiger partial charge in [0.15, 0.2) is 0 Å². The van der Waals surface area contributed by atoms with Crippen LogP contribution in [0.5, 0.6) is 11.5 Å². The van der Waals surface area contributed by atoms with Crippen molar-refractivity contribution in [1.82, 2.24) is 0 Å². The maximum absolute atomic E-state index is 7.00. The molecule has 7 nitrogen and oxygen atoms in total. The fourth-order valence-electron chi connectivity index (χ4n) is 9.38. The predicted molar refractivity (Wildman–Crippen MR) is 240 cm³/mol. The fraction of sp³-hybridized carbons (Fsp3) is 0.480. The molecule has 1 aliphatic carbocycles. The average molecular weight is 806 g/mol. The Morgan fingerprint density at radius 2 is 1.41 bits per heavy atom. The number of hydrogen-bond donors (Lipinski definition) is 1. The van der Waals surface area contributed by atoms with Crippen molar-refractivity contribution in [3.8, 4) is 11.5 Å². The third kappa shape index (κ3) is 9.27. The zero-order valence-electron chi connectivity index (χ0n) is 36.8. The molecule has 2 aliphatic heterocycles. The van der Waals surface area contributed by atoms with Crippen LogP contribution in [0.4, 0.5) is 11.4 Å². The molecule has 0 saturated heterocycles. The van der Waals surface area contributed by atoms with E-state index in [0.29, 0.717) is 38.5 Å². The van der Waals surface area contributed by atoms with E-state index < -0.39 is 8.80 Å². The van der Waals surface area contributed by atoms with Crippen LogP contribution in [-0.2, 0) is 24.1 Å². The Bertz CT molecular complexity index is 1940. The standard InChI is InChI=1S/C50H68N2O5Si/c1-10-34-51-44-24-17-15-22-42(44)49(6,7)46(51)32-26-38-20-19-21-39(27-33-47-50(8,9)43-23-16-18-25-45(43)52(47)35-11-2)48(38)57-41-30-28-40(29-31-41)53-36-37-58(54-12-3,55-13-4)56-14-5/h15-18,22-33,46H,10-14,19-21,34-37H2,1-9H3/p+1/b32-26+,39-27+,47-33+. The highest BCUT2D eigenvalue weighted by molar-refractivity contribution is 6.60. The van der Waals surface area contributed by atoms with Crippen LogP contribution in [0.3, 0.4) is 0 Å². The second kappa shape index (κ2) is 19.4. The Labute approximate surface area is 350 Å². The largest absolute Gasteiger partial charge is 0.504 e. The van der Waals surface area contributed by atoms with Gasteiger partial charge in [0.1, 0.15) is 29.0 Å². The lowest BCUT2D eigenvalue weighted by atomic mass is 9.80. The minimum atomic E-state index is -2.79. The molecule has 1 N–H and O–H groups in total. The molecule has 58 heavy (non-hydrogen) atoms. The quantitative estimate of drug-likeness (QED) is 0.122. The molecule has 0 amide bonds. The van der Waals surface area contributed by atoms with Gasteiger partial charge in [-0.3, -0.25) is 4.90 Å². The van der Waals surface area contributed by atoms with Crippen LogP contribution in [0.1, 0.15) is 106 Å². The number of para-hydroxylation sites is 2. The van der Waals surface area contributed by atoms with E-state index in [-0.39, 0.29) is 10.8 Å². The molecular weight excluding hydrogens is 737 g/mol. The molecule has 8 heteroatoms. The Morgan fingerprint density at radius 1 is 0.759 bits per heavy atom. The van der Waals surface area contributed by atoms with Crippen molar-refractivity contribution in [3.63, 3.8) is 0 Å². The van der Waals surface area contributed by atoms with E-state index in [2.05, 4.69) is 119 Å². The van der Waals surface area contributed by atoms with Gasteiger partial charge in [0.2, 0.25) is 0 Å². The van der Waals surface area contributed by atoms with Crippen molar-refractivity contribution in [3.05, 3.63) is 131 Å². The monoisotopic (exact) mass is 805 g/mol. The van der Waals surface area contributed by atoms with Crippen molar-refractivity contribution in [2.24, 2.45) is 0 Å². The van der Waals surface area contributed by atoms with Crippen LogP contribution in [0.25, 0.3) is 0 Å². The Kier molecular flexibility index (Phi) is 14.6. The van der Waals surface area contributed by atoms with Gasteiger partial charge < -0.3 is 27.7 Å². The van der Waals surface area contributed by atoms with Crippen LogP contribution in [0, 0.1) is 0 Å². The molecule has 0 radical (unpaired) electrons. The highest BCUT2D eigenvalue weighted by Crippen LogP contribution is 2.48. The van der Waals surface area contributed by atoms with Gasteiger partial charge in [-0.05, 0) is 132 Å². The van der Waals surface area contributed by atoms with Gasteiger partial charge in [0.05, 0.1) is 24.6 Å². The molecule has 0 saturated carbocycles. The SMILES string of the molecule is CCCN1/C(=C/C=C2\CCCC(/C=C/C3[NH+](CCC)c4ccccc4C3(C)C)=C2Oc2ccc(OCC[Si](OCC)(OCC)OCC)cc2)C(C)(C)c2ccccc21. The number of quaternary nitrogens is 1. The smallest absolute Gasteiger partial charge is 0.494 e. The topological polar surface area (TPSA) is 53.8 Å². The number of anilines is 1. The van der Waals surface area contributed by atoms with Gasteiger partial charge in [0, 0.05) is 48.7 Å². The second-order valence-electron chi connectivity index (χ2n) is 16.8. The van der Waals surface area contributed by atoms with E-state index in [1.165, 1.54) is 39.3 Å². The van der Waals surface area contributed by atoms with Gasteiger partial charge in [-0.1, -0.05) is 76.2 Å². The summed E-state index contributed by atoms with van der Waals surface area (Å²) >= 11 is 0. The van der Waals surface area contributed by atoms with E-state index in [1.807, 2.05) is 45.0 Å². The summed E-state index contributed by atoms with van der Waals surface area (Å²) in [7, 11) is -2.79. The van der Waals surface area contributed by atoms with Gasteiger partial charge in [-0.2, -0.15) is 0 Å². The zero-order valence-corrected chi connectivity index (χ0v) is 37.8. The summed E-state index contributed by atoms with van der Waals surface area (Å²) < 4.78 is 31.3. The third-order valence-electron chi connectivity index (χ3n) is 12.1. The maximum Gasteiger partial charge on any atom is 0.504 e. The first-order valence-electron chi connectivity index (χ1n) is 22.0. The van der Waals surface area contributed by atoms with Crippen molar-refractivity contribution in [1.29, 1.82) is 0 Å². The number of rotatable bonds is 19. The van der Waals surface area contributed by atoms with Gasteiger partial charge >= 0.3 is 8.80 Å². The summed E-state index contributed by atoms with van der Waals surface area (Å²) in [6, 6.07) is 26.9. The number of benzene rings is 3. The summed E-state index contributed by atoms with van der Waals surface area (Å²) in [4.78, 5) is 4.07. The van der Waals surface area contributed by atoms with Crippen LogP contribution < -0.4 is 19.3 Å². The van der Waals surface area contributed by atoms with E-state index >= 15 is 0 Å². The van der Waals surface area contributed by atoms with Crippen molar-refractivity contribution >= 4 is 20.2 Å². The highest BCUT2D eigenvalue weighted by Gasteiger charge is 2.47. The Hall–Kier alpha value is -3.92. The molecule has 0 bridgehead atoms. The summed E-state index contributed by atoms with van der Waals surface area (Å²) in [6.45, 7) is 24.2. The molecule has 2 heterocycles. The maximum atomic E-state index is 7.00. The summed E-state index contributed by atoms with van der Waals surface area (Å²) in [6.07, 6.45) is 14.8. The molecule has 2 atom stereocenters. The van der Waals surface area contributed by atoms with Crippen molar-refractivity contribution in [2.45, 2.75) is 117 Å². The van der Waals surface area contributed by atoms with E-state index in [0.717, 1.165) is 62.5 Å². The lowest BCUT2D eigenvalue weighted by molar-refractivity contribution is -0.850. The molecule has 0 aromatic heterocycles. The number of hydrogen-bond acceptors (Lipinski definition) is 6. The molecule has 3 aliphatic rings. The molecule has 312 valence electrons. The zero-order chi connectivity index (χ0) is 41.3. The first-order chi connectivity index (χ1) is 28.0. The first kappa shape index (κ1) is 43.7. The van der Waals surface area contributed by atoms with Crippen LogP contribution >= 0.6 is 0 Å². The van der Waals surface area contributed by atoms with Crippen LogP contribution in [0.15, 0.2) is 120 Å². The number of fused-ring (bicyclic) bond motifs is 2. The molecule has 3 aromatic rings. The number of nitrogens with zero attached hydrogens (tertiary/aromatic N) is 1. The van der Waals surface area contributed by atoms with Gasteiger partial charge in [0.25, 0.3) is 0 Å². The van der Waals surface area contributed by atoms with Crippen LogP contribution in [0.2, 0.25) is 6.04 Å². The van der Waals surface area contributed by atoms with Crippen molar-refractivity contribution < 1.29 is 27.7 Å². The average Bonchev–Trinajstić information content (AvgIpc) is 3.56. The highest BCUT2D eigenvalue weighted by atomic mass is 28.4. The summed E-state index contributed by atoms with van der Waals surface area (Å²) in [5.74, 6) is 2.54. The lowest BCUT2D eigenvalue weighted by Crippen LogP contribution is -3.10. The molecule has 2 unspecified atom stereocenters. The minimum Gasteiger partial charge on any atom is -0.494 e. The van der Waals surface area contributed by atoms with Gasteiger partial charge in [-0.15, -0.1) is 0 Å². The third-order valence-corrected chi connectivity index (χ3v) is 15.1. The first-order valence-corrected chi connectivity index (χ1v) is 23.9. The second-order valence-corrected chi connectivity index (χ2v) is 19.5. The molecule has 3 aromatic carbocycles. The van der Waals surface area contributed by atoms with E-state index in [9.17, 15) is 0 Å². The van der Waals surface area contributed by atoms with Gasteiger partial charge in [-0.25, -0.2) is 0 Å². The predicted octanol–water partition coefficient (Wildman–Crippen LogP) is 10.8. The molecule has 0 fully saturated rings. The normalized spacial score (nSPS) is 21.3. The Morgan fingerprint density at radius 3 is 2.09 bits per heavy atom. The molecule has 6 rings (SSSR count). The van der Waals surface area contributed by atoms with E-state index in [4.69, 9.17) is 22.8 Å². The fourth-order valence-corrected chi connectivity index (χ4v) is 11.7. The summed E-state index contributed by atoms with van der Waals surface area (Å²) in [5, 5.41) is 0. The van der Waals surface area contributed by atoms with Crippen LogP contribution in [-0.4, -0.2) is 54.4 Å². The number of nitrogens with one attached hydrogen (secondary N) is 1. The van der Waals surface area contributed by atoms with Crippen molar-refractivity contribution in [2.75, 3.05) is 44.4 Å². The molecule has 0 spiro atoms.